The second-order valence-electron chi connectivity index (χ2n) is 7.49. The molecular weight excluding hydrogens is 464 g/mol. The number of hydrogen-bond acceptors (Lipinski definition) is 8. The van der Waals surface area contributed by atoms with Crippen LogP contribution in [0.4, 0.5) is 5.69 Å². The Hall–Kier alpha value is -3.90. The molecule has 0 unspecified atom stereocenters. The van der Waals surface area contributed by atoms with Gasteiger partial charge in [-0.3, -0.25) is 24.6 Å². The molecule has 0 aliphatic carbocycles. The fourth-order valence-electron chi connectivity index (χ4n) is 3.40. The van der Waals surface area contributed by atoms with Gasteiger partial charge in [-0.2, -0.15) is 0 Å². The summed E-state index contributed by atoms with van der Waals surface area (Å²) in [6, 6.07) is 12.3. The lowest BCUT2D eigenvalue weighted by atomic mass is 10.0. The van der Waals surface area contributed by atoms with Crippen molar-refractivity contribution in [2.45, 2.75) is 24.4 Å². The van der Waals surface area contributed by atoms with Crippen LogP contribution in [0.25, 0.3) is 0 Å². The van der Waals surface area contributed by atoms with Crippen LogP contribution in [0.1, 0.15) is 18.5 Å². The van der Waals surface area contributed by atoms with E-state index in [0.29, 0.717) is 16.9 Å². The average Bonchev–Trinajstić information content (AvgIpc) is 2.82. The summed E-state index contributed by atoms with van der Waals surface area (Å²) in [7, 11) is 0. The van der Waals surface area contributed by atoms with Gasteiger partial charge < -0.3 is 21.3 Å². The number of carboxylic acids is 1. The number of phenolic OH excluding ortho intramolecular Hbond substituents is 1. The molecular formula is C22H22N4O7S. The van der Waals surface area contributed by atoms with Crippen molar-refractivity contribution in [3.05, 3.63) is 81.5 Å². The van der Waals surface area contributed by atoms with E-state index >= 15 is 0 Å². The Morgan fingerprint density at radius 3 is 2.38 bits per heavy atom. The molecule has 0 aromatic heterocycles. The molecule has 2 aliphatic heterocycles. The molecule has 11 nitrogen and oxygen atoms in total. The molecule has 12 heteroatoms. The third kappa shape index (κ3) is 5.18. The van der Waals surface area contributed by atoms with Crippen LogP contribution in [-0.2, 0) is 14.4 Å². The van der Waals surface area contributed by atoms with Gasteiger partial charge in [-0.05, 0) is 30.2 Å². The molecule has 3 atom stereocenters. The smallest absolute Gasteiger partial charge is 0.352 e. The lowest BCUT2D eigenvalue weighted by Crippen LogP contribution is -2.71. The minimum Gasteiger partial charge on any atom is -0.508 e. The van der Waals surface area contributed by atoms with E-state index in [-0.39, 0.29) is 17.1 Å². The first kappa shape index (κ1) is 24.7. The summed E-state index contributed by atoms with van der Waals surface area (Å²) in [5.41, 5.74) is 7.22. The van der Waals surface area contributed by atoms with Gasteiger partial charge in [0.15, 0.2) is 0 Å². The van der Waals surface area contributed by atoms with Crippen molar-refractivity contribution < 1.29 is 29.5 Å². The first-order chi connectivity index (χ1) is 16.1. The first-order valence-electron chi connectivity index (χ1n) is 10.0. The molecule has 4 rings (SSSR count). The number of carbonyl (C=O) groups is 3. The minimum absolute atomic E-state index is 0.0154. The van der Waals surface area contributed by atoms with E-state index in [4.69, 9.17) is 10.8 Å². The van der Waals surface area contributed by atoms with Crippen molar-refractivity contribution in [1.29, 1.82) is 0 Å². The Balaban J connectivity index is 0.000000271. The number of thioether (sulfide) groups is 1. The maximum absolute atomic E-state index is 12.3. The van der Waals surface area contributed by atoms with E-state index in [2.05, 4.69) is 5.32 Å². The highest BCUT2D eigenvalue weighted by Crippen LogP contribution is 2.40. The topological polar surface area (TPSA) is 176 Å². The Morgan fingerprint density at radius 1 is 1.21 bits per heavy atom. The van der Waals surface area contributed by atoms with Crippen LogP contribution < -0.4 is 11.1 Å². The summed E-state index contributed by atoms with van der Waals surface area (Å²) >= 11 is 1.43. The third-order valence-corrected chi connectivity index (χ3v) is 6.59. The van der Waals surface area contributed by atoms with E-state index in [0.717, 1.165) is 0 Å². The number of carboxylic acid groups (broad SMARTS) is 1. The van der Waals surface area contributed by atoms with Gasteiger partial charge in [0, 0.05) is 17.9 Å². The molecule has 5 N–H and O–H groups in total. The number of benzene rings is 2. The van der Waals surface area contributed by atoms with Crippen molar-refractivity contribution in [2.24, 2.45) is 5.73 Å². The summed E-state index contributed by atoms with van der Waals surface area (Å²) in [4.78, 5) is 46.7. The highest BCUT2D eigenvalue weighted by atomic mass is 32.2. The number of fused-ring (bicyclic) bond motifs is 1. The molecule has 2 aromatic rings. The van der Waals surface area contributed by atoms with Gasteiger partial charge in [-0.15, -0.1) is 11.8 Å². The predicted octanol–water partition coefficient (Wildman–Crippen LogP) is 1.75. The van der Waals surface area contributed by atoms with Crippen LogP contribution >= 0.6 is 11.8 Å². The van der Waals surface area contributed by atoms with E-state index in [1.54, 1.807) is 31.2 Å². The average molecular weight is 487 g/mol. The molecule has 0 spiro atoms. The summed E-state index contributed by atoms with van der Waals surface area (Å²) < 4.78 is 0. The number of phenols is 1. The van der Waals surface area contributed by atoms with Crippen molar-refractivity contribution in [3.63, 3.8) is 0 Å². The molecule has 2 heterocycles. The lowest BCUT2D eigenvalue weighted by Gasteiger charge is -2.49. The Morgan fingerprint density at radius 2 is 1.82 bits per heavy atom. The number of hydrogen-bond donors (Lipinski definition) is 4. The quantitative estimate of drug-likeness (QED) is 0.278. The summed E-state index contributed by atoms with van der Waals surface area (Å²) in [5.74, 6) is -1.46. The minimum atomic E-state index is -1.13. The number of carbonyl (C=O) groups excluding carboxylic acids is 2. The van der Waals surface area contributed by atoms with Crippen molar-refractivity contribution in [1.82, 2.24) is 10.2 Å². The SMILES string of the molecule is CC1=C(C(=O)O)N2C(=O)[C@@H](NC(=O)[C@H](N)c3ccccc3)[C@H]2SC1.O=[N+]([O-])c1ccc(O)cc1. The van der Waals surface area contributed by atoms with E-state index in [9.17, 15) is 29.6 Å². The maximum atomic E-state index is 12.3. The highest BCUT2D eigenvalue weighted by molar-refractivity contribution is 8.00. The number of nitrogens with one attached hydrogen (secondary N) is 1. The lowest BCUT2D eigenvalue weighted by molar-refractivity contribution is -0.384. The second-order valence-corrected chi connectivity index (χ2v) is 8.60. The standard InChI is InChI=1S/C16H17N3O4S.C6H5NO3/c1-8-7-24-15-11(14(21)19(15)12(8)16(22)23)18-13(20)10(17)9-5-3-2-4-6-9;8-6-3-1-5(2-4-6)7(9)10/h2-6,10-11,15H,7,17H2,1H3,(H,18,20)(H,22,23);1-4,8H/t10-,11-,15-;/m1./s1. The maximum Gasteiger partial charge on any atom is 0.352 e. The summed E-state index contributed by atoms with van der Waals surface area (Å²) in [6.45, 7) is 1.69. The fraction of sp³-hybridized carbons (Fsp3) is 0.227. The Bertz CT molecular complexity index is 1140. The molecule has 2 aromatic carbocycles. The van der Waals surface area contributed by atoms with Gasteiger partial charge in [0.1, 0.15) is 28.9 Å². The van der Waals surface area contributed by atoms with Crippen LogP contribution in [0.3, 0.4) is 0 Å². The largest absolute Gasteiger partial charge is 0.508 e. The van der Waals surface area contributed by atoms with Gasteiger partial charge in [0.2, 0.25) is 5.91 Å². The van der Waals surface area contributed by atoms with Gasteiger partial charge in [0.05, 0.1) is 4.92 Å². The van der Waals surface area contributed by atoms with E-state index in [1.807, 2.05) is 6.07 Å². The third-order valence-electron chi connectivity index (χ3n) is 5.16. The number of nitrogens with two attached hydrogens (primary N) is 1. The van der Waals surface area contributed by atoms with Crippen molar-refractivity contribution >= 4 is 35.2 Å². The van der Waals surface area contributed by atoms with Crippen LogP contribution in [0.5, 0.6) is 5.75 Å². The zero-order chi connectivity index (χ0) is 25.0. The summed E-state index contributed by atoms with van der Waals surface area (Å²) in [5, 5.41) is 30.3. The summed E-state index contributed by atoms with van der Waals surface area (Å²) in [6.07, 6.45) is 0. The number of amides is 2. The van der Waals surface area contributed by atoms with Crippen molar-refractivity contribution in [3.8, 4) is 5.75 Å². The van der Waals surface area contributed by atoms with Gasteiger partial charge in [-0.1, -0.05) is 30.3 Å². The monoisotopic (exact) mass is 486 g/mol. The molecule has 0 bridgehead atoms. The molecule has 178 valence electrons. The molecule has 0 radical (unpaired) electrons. The number of non-ortho nitro benzene ring substituents is 1. The second kappa shape index (κ2) is 10.4. The van der Waals surface area contributed by atoms with Crippen molar-refractivity contribution in [2.75, 3.05) is 5.75 Å². The number of rotatable bonds is 5. The number of aromatic hydroxyl groups is 1. The molecule has 2 amide bonds. The molecule has 0 saturated carbocycles. The molecule has 2 aliphatic rings. The van der Waals surface area contributed by atoms with Crippen LogP contribution in [0.2, 0.25) is 0 Å². The number of nitro benzene ring substituents is 1. The highest BCUT2D eigenvalue weighted by Gasteiger charge is 2.53. The van der Waals surface area contributed by atoms with Crippen LogP contribution in [0, 0.1) is 10.1 Å². The number of aliphatic carboxylic acids is 1. The van der Waals surface area contributed by atoms with Gasteiger partial charge >= 0.3 is 5.97 Å². The Kier molecular flexibility index (Phi) is 7.54. The normalized spacial score (nSPS) is 19.7. The molecule has 1 saturated heterocycles. The number of nitrogens with zero attached hydrogens (tertiary/aromatic N) is 2. The van der Waals surface area contributed by atoms with E-state index in [1.165, 1.54) is 40.9 Å². The fourth-order valence-corrected chi connectivity index (χ4v) is 4.70. The predicted molar refractivity (Wildman–Crippen MR) is 123 cm³/mol. The van der Waals surface area contributed by atoms with Crippen LogP contribution in [-0.4, -0.2) is 55.0 Å². The number of β-lactam (4-membered cyclic amide) rings is 1. The zero-order valence-corrected chi connectivity index (χ0v) is 18.8. The first-order valence-corrected chi connectivity index (χ1v) is 11.1. The van der Waals surface area contributed by atoms with E-state index < -0.39 is 40.2 Å². The van der Waals surface area contributed by atoms with Gasteiger partial charge in [0.25, 0.3) is 11.6 Å². The molecule has 34 heavy (non-hydrogen) atoms. The zero-order valence-electron chi connectivity index (χ0n) is 18.0. The van der Waals surface area contributed by atoms with Gasteiger partial charge in [-0.25, -0.2) is 4.79 Å². The Labute approximate surface area is 198 Å². The molecule has 1 fully saturated rings. The number of nitro groups is 1. The van der Waals surface area contributed by atoms with Crippen LogP contribution in [0.15, 0.2) is 65.9 Å².